The average molecular weight is 399 g/mol. The first-order valence-electron chi connectivity index (χ1n) is 12.1. The number of rotatable bonds is 9. The molecule has 0 bridgehead atoms. The Labute approximate surface area is 179 Å². The van der Waals surface area contributed by atoms with Crippen molar-refractivity contribution in [3.05, 3.63) is 35.9 Å². The van der Waals surface area contributed by atoms with Gasteiger partial charge in [0.1, 0.15) is 11.5 Å². The van der Waals surface area contributed by atoms with E-state index in [0.717, 1.165) is 42.3 Å². The largest absolute Gasteiger partial charge is 0.494 e. The highest BCUT2D eigenvalue weighted by atomic mass is 16.5. The third kappa shape index (κ3) is 5.80. The average Bonchev–Trinajstić information content (AvgIpc) is 2.76. The van der Waals surface area contributed by atoms with Crippen LogP contribution in [0.4, 0.5) is 0 Å². The highest BCUT2D eigenvalue weighted by molar-refractivity contribution is 5.48. The van der Waals surface area contributed by atoms with Crippen molar-refractivity contribution in [2.24, 2.45) is 23.7 Å². The van der Waals surface area contributed by atoms with E-state index in [1.807, 2.05) is 13.0 Å². The maximum absolute atomic E-state index is 6.32. The predicted molar refractivity (Wildman–Crippen MR) is 123 cm³/mol. The van der Waals surface area contributed by atoms with Gasteiger partial charge in [-0.25, -0.2) is 0 Å². The minimum absolute atomic E-state index is 0.688. The second-order valence-electron chi connectivity index (χ2n) is 9.37. The molecule has 0 atom stereocenters. The van der Waals surface area contributed by atoms with Gasteiger partial charge in [0.2, 0.25) is 0 Å². The predicted octanol–water partition coefficient (Wildman–Crippen LogP) is 7.52. The lowest BCUT2D eigenvalue weighted by Crippen LogP contribution is -2.27. The normalized spacial score (nSPS) is 27.4. The molecule has 29 heavy (non-hydrogen) atoms. The number of ether oxygens (including phenoxy) is 2. The summed E-state index contributed by atoms with van der Waals surface area (Å²) in [5.74, 6) is 5.71. The molecule has 0 amide bonds. The van der Waals surface area contributed by atoms with Gasteiger partial charge in [-0.15, -0.1) is 6.58 Å². The number of hydrogen-bond donors (Lipinski definition) is 0. The fourth-order valence-electron chi connectivity index (χ4n) is 5.66. The van der Waals surface area contributed by atoms with Crippen LogP contribution in [0, 0.1) is 30.6 Å². The molecule has 1 aromatic carbocycles. The Morgan fingerprint density at radius 3 is 2.00 bits per heavy atom. The zero-order valence-electron chi connectivity index (χ0n) is 19.1. The van der Waals surface area contributed by atoms with Crippen LogP contribution >= 0.6 is 0 Å². The molecule has 0 heterocycles. The van der Waals surface area contributed by atoms with E-state index in [9.17, 15) is 0 Å². The van der Waals surface area contributed by atoms with Gasteiger partial charge in [0.25, 0.3) is 0 Å². The zero-order chi connectivity index (χ0) is 20.6. The van der Waals surface area contributed by atoms with Gasteiger partial charge in [0, 0.05) is 5.56 Å². The van der Waals surface area contributed by atoms with Crippen LogP contribution in [0.15, 0.2) is 24.8 Å². The Morgan fingerprint density at radius 1 is 0.862 bits per heavy atom. The molecular formula is C27H42O2. The first kappa shape index (κ1) is 22.2. The molecule has 3 rings (SSSR count). The van der Waals surface area contributed by atoms with Crippen LogP contribution in [-0.4, -0.2) is 13.2 Å². The maximum atomic E-state index is 6.32. The fraction of sp³-hybridized carbons (Fsp3) is 0.704. The van der Waals surface area contributed by atoms with E-state index < -0.39 is 0 Å². The Morgan fingerprint density at radius 2 is 1.45 bits per heavy atom. The van der Waals surface area contributed by atoms with E-state index in [1.54, 1.807) is 0 Å². The lowest BCUT2D eigenvalue weighted by molar-refractivity contribution is 0.122. The Hall–Kier alpha value is -1.44. The summed E-state index contributed by atoms with van der Waals surface area (Å²) in [5.41, 5.74) is 2.42. The molecule has 2 heteroatoms. The maximum Gasteiger partial charge on any atom is 0.123 e. The molecule has 1 aromatic rings. The molecule has 2 aliphatic rings. The Kier molecular flexibility index (Phi) is 8.51. The number of hydrogen-bond acceptors (Lipinski definition) is 2. The van der Waals surface area contributed by atoms with Crippen LogP contribution in [0.2, 0.25) is 0 Å². The summed E-state index contributed by atoms with van der Waals surface area (Å²) < 4.78 is 12.1. The van der Waals surface area contributed by atoms with Crippen LogP contribution in [0.1, 0.15) is 82.8 Å². The van der Waals surface area contributed by atoms with Crippen molar-refractivity contribution in [2.45, 2.75) is 85.0 Å². The highest BCUT2D eigenvalue weighted by Crippen LogP contribution is 2.42. The molecule has 2 nitrogen and oxygen atoms in total. The third-order valence-electron chi connectivity index (χ3n) is 7.66. The van der Waals surface area contributed by atoms with Crippen LogP contribution < -0.4 is 9.47 Å². The molecule has 0 radical (unpaired) electrons. The second-order valence-corrected chi connectivity index (χ2v) is 9.37. The quantitative estimate of drug-likeness (QED) is 0.400. The van der Waals surface area contributed by atoms with Gasteiger partial charge >= 0.3 is 0 Å². The Bertz CT molecular complexity index is 634. The van der Waals surface area contributed by atoms with Gasteiger partial charge in [0.15, 0.2) is 0 Å². The summed E-state index contributed by atoms with van der Waals surface area (Å²) >= 11 is 0. The molecule has 0 aliphatic heterocycles. The molecule has 2 fully saturated rings. The molecule has 0 unspecified atom stereocenters. The van der Waals surface area contributed by atoms with Crippen molar-refractivity contribution >= 4 is 0 Å². The minimum atomic E-state index is 0.688. The molecular weight excluding hydrogens is 356 g/mol. The highest BCUT2D eigenvalue weighted by Gasteiger charge is 2.30. The lowest BCUT2D eigenvalue weighted by Gasteiger charge is -2.37. The van der Waals surface area contributed by atoms with Crippen molar-refractivity contribution in [3.8, 4) is 11.5 Å². The van der Waals surface area contributed by atoms with Gasteiger partial charge in [-0.05, 0) is 100 Å². The summed E-state index contributed by atoms with van der Waals surface area (Å²) in [6, 6.07) is 4.15. The van der Waals surface area contributed by atoms with Gasteiger partial charge in [-0.2, -0.15) is 0 Å². The van der Waals surface area contributed by atoms with E-state index in [1.165, 1.54) is 68.9 Å². The molecule has 0 N–H and O–H groups in total. The summed E-state index contributed by atoms with van der Waals surface area (Å²) in [4.78, 5) is 0. The number of allylic oxidation sites excluding steroid dienone is 1. The van der Waals surface area contributed by atoms with E-state index in [0.29, 0.717) is 12.5 Å². The first-order valence-corrected chi connectivity index (χ1v) is 12.1. The molecule has 0 spiro atoms. The minimum Gasteiger partial charge on any atom is -0.494 e. The smallest absolute Gasteiger partial charge is 0.123 e. The van der Waals surface area contributed by atoms with E-state index in [4.69, 9.17) is 9.47 Å². The van der Waals surface area contributed by atoms with Crippen molar-refractivity contribution in [2.75, 3.05) is 13.2 Å². The monoisotopic (exact) mass is 398 g/mol. The topological polar surface area (TPSA) is 18.5 Å². The van der Waals surface area contributed by atoms with E-state index >= 15 is 0 Å². The van der Waals surface area contributed by atoms with Crippen molar-refractivity contribution < 1.29 is 9.47 Å². The third-order valence-corrected chi connectivity index (χ3v) is 7.66. The summed E-state index contributed by atoms with van der Waals surface area (Å²) in [6.07, 6.45) is 15.6. The standard InChI is InChI=1S/C27H42O2/c1-5-8-25-20(4)26(17-18-27(25)28-7-3)29-19-22-11-15-24(16-12-22)23-13-9-21(6-2)10-14-23/h5,17-18,21-24H,1,6-16,19H2,2-4H3. The SMILES string of the molecule is C=CCc1c(OCC)ccc(OCC2CCC(C3CCC(CC)CC3)CC2)c1C. The van der Waals surface area contributed by atoms with Crippen molar-refractivity contribution in [1.29, 1.82) is 0 Å². The van der Waals surface area contributed by atoms with E-state index in [-0.39, 0.29) is 0 Å². The molecule has 162 valence electrons. The molecule has 0 aromatic heterocycles. The molecule has 2 saturated carbocycles. The second kappa shape index (κ2) is 11.1. The summed E-state index contributed by atoms with van der Waals surface area (Å²) in [7, 11) is 0. The zero-order valence-corrected chi connectivity index (χ0v) is 19.1. The van der Waals surface area contributed by atoms with Crippen LogP contribution in [-0.2, 0) is 6.42 Å². The van der Waals surface area contributed by atoms with Crippen LogP contribution in [0.25, 0.3) is 0 Å². The molecule has 2 aliphatic carbocycles. The lowest BCUT2D eigenvalue weighted by atomic mass is 9.69. The van der Waals surface area contributed by atoms with Crippen molar-refractivity contribution in [1.82, 2.24) is 0 Å². The van der Waals surface area contributed by atoms with Gasteiger partial charge in [-0.1, -0.05) is 32.3 Å². The van der Waals surface area contributed by atoms with Gasteiger partial charge < -0.3 is 9.47 Å². The van der Waals surface area contributed by atoms with Gasteiger partial charge in [0.05, 0.1) is 13.2 Å². The fourth-order valence-corrected chi connectivity index (χ4v) is 5.66. The van der Waals surface area contributed by atoms with Crippen molar-refractivity contribution in [3.63, 3.8) is 0 Å². The van der Waals surface area contributed by atoms with Crippen LogP contribution in [0.5, 0.6) is 11.5 Å². The summed E-state index contributed by atoms with van der Waals surface area (Å²) in [6.45, 7) is 12.0. The van der Waals surface area contributed by atoms with Gasteiger partial charge in [-0.3, -0.25) is 0 Å². The van der Waals surface area contributed by atoms with E-state index in [2.05, 4.69) is 32.6 Å². The van der Waals surface area contributed by atoms with Crippen LogP contribution in [0.3, 0.4) is 0 Å². The molecule has 0 saturated heterocycles. The Balaban J connectivity index is 1.49. The number of benzene rings is 1. The first-order chi connectivity index (χ1) is 14.2. The summed E-state index contributed by atoms with van der Waals surface area (Å²) in [5, 5.41) is 0.